The molecule has 2 aromatic carbocycles. The number of carbonyl (C=O) groups excluding carboxylic acids is 1. The lowest BCUT2D eigenvalue weighted by molar-refractivity contribution is 0.0962. The summed E-state index contributed by atoms with van der Waals surface area (Å²) in [6, 6.07) is 16.7. The third kappa shape index (κ3) is 3.64. The van der Waals surface area contributed by atoms with Gasteiger partial charge in [0, 0.05) is 18.0 Å². The fourth-order valence-corrected chi connectivity index (χ4v) is 2.12. The third-order valence-corrected chi connectivity index (χ3v) is 3.46. The van der Waals surface area contributed by atoms with E-state index in [1.807, 2.05) is 42.5 Å². The number of hydrogen-bond donors (Lipinski definition) is 2. The van der Waals surface area contributed by atoms with E-state index < -0.39 is 0 Å². The first kappa shape index (κ1) is 15.0. The number of carbonyl (C=O) groups is 1. The molecule has 5 nitrogen and oxygen atoms in total. The zero-order valence-electron chi connectivity index (χ0n) is 12.0. The van der Waals surface area contributed by atoms with Gasteiger partial charge in [-0.25, -0.2) is 9.97 Å². The monoisotopic (exact) mass is 324 g/mol. The van der Waals surface area contributed by atoms with Crippen molar-refractivity contribution in [1.29, 1.82) is 0 Å². The average Bonchev–Trinajstić information content (AvgIpc) is 2.62. The summed E-state index contributed by atoms with van der Waals surface area (Å²) < 4.78 is 0. The Labute approximate surface area is 138 Å². The van der Waals surface area contributed by atoms with Gasteiger partial charge in [0.1, 0.15) is 0 Å². The normalized spacial score (nSPS) is 10.1. The molecular weight excluding hydrogens is 312 g/mol. The van der Waals surface area contributed by atoms with Crippen LogP contribution < -0.4 is 10.9 Å². The van der Waals surface area contributed by atoms with Gasteiger partial charge in [0.15, 0.2) is 5.82 Å². The van der Waals surface area contributed by atoms with Gasteiger partial charge in [0.25, 0.3) is 5.91 Å². The number of anilines is 1. The minimum Gasteiger partial charge on any atom is -0.297 e. The van der Waals surface area contributed by atoms with E-state index in [2.05, 4.69) is 20.8 Å². The van der Waals surface area contributed by atoms with E-state index in [4.69, 9.17) is 11.6 Å². The predicted molar refractivity (Wildman–Crippen MR) is 90.0 cm³/mol. The lowest BCUT2D eigenvalue weighted by Crippen LogP contribution is -2.29. The van der Waals surface area contributed by atoms with Crippen LogP contribution in [0.5, 0.6) is 0 Å². The Hall–Kier alpha value is -2.92. The highest BCUT2D eigenvalue weighted by atomic mass is 35.5. The lowest BCUT2D eigenvalue weighted by Gasteiger charge is -2.09. The van der Waals surface area contributed by atoms with Crippen LogP contribution in [0.25, 0.3) is 11.4 Å². The number of nitrogens with one attached hydrogen (secondary N) is 2. The molecule has 23 heavy (non-hydrogen) atoms. The van der Waals surface area contributed by atoms with Crippen LogP contribution in [0.15, 0.2) is 67.0 Å². The number of amides is 1. The number of para-hydroxylation sites is 1. The Morgan fingerprint density at radius 2 is 1.57 bits per heavy atom. The number of nitrogens with zero attached hydrogens (tertiary/aromatic N) is 2. The van der Waals surface area contributed by atoms with Crippen LogP contribution in [0.2, 0.25) is 5.02 Å². The Morgan fingerprint density at radius 3 is 2.26 bits per heavy atom. The van der Waals surface area contributed by atoms with E-state index in [-0.39, 0.29) is 5.91 Å². The van der Waals surface area contributed by atoms with Crippen molar-refractivity contribution in [1.82, 2.24) is 15.4 Å². The zero-order chi connectivity index (χ0) is 16.1. The molecule has 0 saturated heterocycles. The Balaban J connectivity index is 1.67. The average molecular weight is 325 g/mol. The maximum Gasteiger partial charge on any atom is 0.272 e. The van der Waals surface area contributed by atoms with Crippen molar-refractivity contribution in [3.8, 4) is 11.4 Å². The van der Waals surface area contributed by atoms with Crippen molar-refractivity contribution in [2.24, 2.45) is 0 Å². The van der Waals surface area contributed by atoms with Gasteiger partial charge in [-0.1, -0.05) is 54.1 Å². The molecular formula is C17H13ClN4O. The summed E-state index contributed by atoms with van der Waals surface area (Å²) in [6.45, 7) is 0. The molecule has 0 fully saturated rings. The fraction of sp³-hybridized carbons (Fsp3) is 0. The molecule has 2 N–H and O–H groups in total. The van der Waals surface area contributed by atoms with Crippen LogP contribution in [0.1, 0.15) is 10.4 Å². The maximum atomic E-state index is 12.1. The van der Waals surface area contributed by atoms with Crippen molar-refractivity contribution in [2.75, 3.05) is 5.43 Å². The number of hydrogen-bond acceptors (Lipinski definition) is 4. The van der Waals surface area contributed by atoms with E-state index in [1.54, 1.807) is 12.1 Å². The second kappa shape index (κ2) is 6.89. The first-order chi connectivity index (χ1) is 11.2. The van der Waals surface area contributed by atoms with Gasteiger partial charge in [-0.3, -0.25) is 15.6 Å². The number of benzene rings is 2. The minimum absolute atomic E-state index is 0.343. The Morgan fingerprint density at radius 1 is 0.913 bits per heavy atom. The molecule has 0 unspecified atom stereocenters. The second-order valence-electron chi connectivity index (χ2n) is 4.72. The van der Waals surface area contributed by atoms with E-state index in [0.717, 1.165) is 5.56 Å². The summed E-state index contributed by atoms with van der Waals surface area (Å²) in [4.78, 5) is 20.5. The summed E-state index contributed by atoms with van der Waals surface area (Å²) in [5.41, 5.74) is 7.20. The van der Waals surface area contributed by atoms with Crippen molar-refractivity contribution in [3.05, 3.63) is 77.6 Å². The standard InChI is InChI=1S/C17H13ClN4O/c18-14-8-4-5-9-15(14)21-22-17(23)13-10-19-16(20-11-13)12-6-2-1-3-7-12/h1-11,21H,(H,22,23). The highest BCUT2D eigenvalue weighted by Crippen LogP contribution is 2.19. The maximum absolute atomic E-state index is 12.1. The molecule has 114 valence electrons. The second-order valence-corrected chi connectivity index (χ2v) is 5.13. The van der Waals surface area contributed by atoms with E-state index in [0.29, 0.717) is 22.1 Å². The van der Waals surface area contributed by atoms with Gasteiger partial charge in [-0.2, -0.15) is 0 Å². The van der Waals surface area contributed by atoms with Crippen LogP contribution in [0.3, 0.4) is 0 Å². The fourth-order valence-electron chi connectivity index (χ4n) is 1.94. The lowest BCUT2D eigenvalue weighted by atomic mass is 10.2. The molecule has 0 radical (unpaired) electrons. The first-order valence-corrected chi connectivity index (χ1v) is 7.30. The molecule has 0 atom stereocenters. The smallest absolute Gasteiger partial charge is 0.272 e. The molecule has 3 aromatic rings. The van der Waals surface area contributed by atoms with Crippen LogP contribution in [0, 0.1) is 0 Å². The van der Waals surface area contributed by atoms with Gasteiger partial charge >= 0.3 is 0 Å². The molecule has 0 bridgehead atoms. The molecule has 0 aliphatic heterocycles. The van der Waals surface area contributed by atoms with Crippen LogP contribution in [-0.2, 0) is 0 Å². The van der Waals surface area contributed by atoms with Crippen LogP contribution in [0.4, 0.5) is 5.69 Å². The predicted octanol–water partition coefficient (Wildman–Crippen LogP) is 3.55. The summed E-state index contributed by atoms with van der Waals surface area (Å²) in [6.07, 6.45) is 2.97. The number of aromatic nitrogens is 2. The topological polar surface area (TPSA) is 66.9 Å². The molecule has 1 aromatic heterocycles. The minimum atomic E-state index is -0.343. The van der Waals surface area contributed by atoms with Gasteiger partial charge in [0.05, 0.1) is 16.3 Å². The molecule has 3 rings (SSSR count). The molecule has 0 saturated carbocycles. The van der Waals surface area contributed by atoms with Crippen LogP contribution >= 0.6 is 11.6 Å². The summed E-state index contributed by atoms with van der Waals surface area (Å²) in [5, 5.41) is 0.517. The summed E-state index contributed by atoms with van der Waals surface area (Å²) in [5.74, 6) is 0.228. The van der Waals surface area contributed by atoms with Crippen molar-refractivity contribution < 1.29 is 4.79 Å². The first-order valence-electron chi connectivity index (χ1n) is 6.92. The molecule has 6 heteroatoms. The highest BCUT2D eigenvalue weighted by molar-refractivity contribution is 6.33. The molecule has 0 aliphatic rings. The van der Waals surface area contributed by atoms with Crippen molar-refractivity contribution >= 4 is 23.2 Å². The van der Waals surface area contributed by atoms with E-state index in [1.165, 1.54) is 12.4 Å². The van der Waals surface area contributed by atoms with Gasteiger partial charge in [0.2, 0.25) is 0 Å². The molecule has 0 aliphatic carbocycles. The molecule has 1 heterocycles. The van der Waals surface area contributed by atoms with Crippen molar-refractivity contribution in [2.45, 2.75) is 0 Å². The van der Waals surface area contributed by atoms with Crippen molar-refractivity contribution in [3.63, 3.8) is 0 Å². The third-order valence-electron chi connectivity index (χ3n) is 3.13. The SMILES string of the molecule is O=C(NNc1ccccc1Cl)c1cnc(-c2ccccc2)nc1. The zero-order valence-corrected chi connectivity index (χ0v) is 12.8. The Bertz CT molecular complexity index is 806. The number of hydrazine groups is 1. The summed E-state index contributed by atoms with van der Waals surface area (Å²) >= 11 is 6.00. The quantitative estimate of drug-likeness (QED) is 0.720. The van der Waals surface area contributed by atoms with Gasteiger partial charge < -0.3 is 0 Å². The van der Waals surface area contributed by atoms with E-state index >= 15 is 0 Å². The van der Waals surface area contributed by atoms with Gasteiger partial charge in [-0.05, 0) is 12.1 Å². The highest BCUT2D eigenvalue weighted by Gasteiger charge is 2.08. The molecule has 1 amide bonds. The Kier molecular flexibility index (Phi) is 4.49. The largest absolute Gasteiger partial charge is 0.297 e. The molecule has 0 spiro atoms. The van der Waals surface area contributed by atoms with Gasteiger partial charge in [-0.15, -0.1) is 0 Å². The number of rotatable bonds is 4. The van der Waals surface area contributed by atoms with Crippen LogP contribution in [-0.4, -0.2) is 15.9 Å². The number of halogens is 1. The van der Waals surface area contributed by atoms with E-state index in [9.17, 15) is 4.79 Å². The summed E-state index contributed by atoms with van der Waals surface area (Å²) in [7, 11) is 0.